The Balaban J connectivity index is 2.34. The van der Waals surface area contributed by atoms with Crippen LogP contribution in [0.15, 0.2) is 48.5 Å². The van der Waals surface area contributed by atoms with Gasteiger partial charge in [0, 0.05) is 5.56 Å². The van der Waals surface area contributed by atoms with Gasteiger partial charge in [-0.05, 0) is 17.7 Å². The summed E-state index contributed by atoms with van der Waals surface area (Å²) in [6.45, 7) is 0. The zero-order chi connectivity index (χ0) is 14.4. The van der Waals surface area contributed by atoms with Gasteiger partial charge in [-0.25, -0.2) is 4.79 Å². The topological polar surface area (TPSA) is 35.5 Å². The molecule has 2 aromatic rings. The number of hydrogen-bond acceptors (Lipinski definition) is 3. The van der Waals surface area contributed by atoms with E-state index in [4.69, 9.17) is 9.47 Å². The Labute approximate surface area is 118 Å². The molecule has 0 aliphatic heterocycles. The highest BCUT2D eigenvalue weighted by atomic mass is 16.5. The predicted octanol–water partition coefficient (Wildman–Crippen LogP) is 3.65. The van der Waals surface area contributed by atoms with Gasteiger partial charge >= 0.3 is 5.97 Å². The van der Waals surface area contributed by atoms with Crippen molar-refractivity contribution >= 4 is 18.1 Å². The highest BCUT2D eigenvalue weighted by molar-refractivity contribution is 5.94. The number of benzene rings is 2. The van der Waals surface area contributed by atoms with E-state index in [-0.39, 0.29) is 5.97 Å². The summed E-state index contributed by atoms with van der Waals surface area (Å²) in [4.78, 5) is 11.7. The SMILES string of the molecule is COC(=O)c1ccccc1/C=C\c1ccccc1OC. The van der Waals surface area contributed by atoms with E-state index in [1.807, 2.05) is 54.6 Å². The second-order valence-electron chi connectivity index (χ2n) is 4.15. The largest absolute Gasteiger partial charge is 0.496 e. The Kier molecular flexibility index (Phi) is 4.56. The summed E-state index contributed by atoms with van der Waals surface area (Å²) in [5.41, 5.74) is 2.31. The molecule has 0 aliphatic rings. The molecule has 0 bridgehead atoms. The Morgan fingerprint density at radius 1 is 0.900 bits per heavy atom. The fourth-order valence-corrected chi connectivity index (χ4v) is 1.92. The maximum Gasteiger partial charge on any atom is 0.338 e. The van der Waals surface area contributed by atoms with Gasteiger partial charge in [0.25, 0.3) is 0 Å². The van der Waals surface area contributed by atoms with Crippen molar-refractivity contribution in [1.82, 2.24) is 0 Å². The van der Waals surface area contributed by atoms with Gasteiger partial charge in [-0.1, -0.05) is 48.6 Å². The third-order valence-electron chi connectivity index (χ3n) is 2.95. The molecule has 0 fully saturated rings. The first-order valence-corrected chi connectivity index (χ1v) is 6.24. The summed E-state index contributed by atoms with van der Waals surface area (Å²) in [6, 6.07) is 15.0. The molecule has 0 aromatic heterocycles. The van der Waals surface area contributed by atoms with E-state index in [0.29, 0.717) is 5.56 Å². The summed E-state index contributed by atoms with van der Waals surface area (Å²) in [6.07, 6.45) is 3.80. The van der Waals surface area contributed by atoms with Crippen LogP contribution in [-0.4, -0.2) is 20.2 Å². The van der Waals surface area contributed by atoms with Crippen molar-refractivity contribution in [3.05, 3.63) is 65.2 Å². The molecule has 102 valence electrons. The summed E-state index contributed by atoms with van der Waals surface area (Å²) in [5, 5.41) is 0. The molecular weight excluding hydrogens is 252 g/mol. The predicted molar refractivity (Wildman–Crippen MR) is 79.7 cm³/mol. The number of hydrogen-bond donors (Lipinski definition) is 0. The minimum absolute atomic E-state index is 0.342. The molecule has 0 spiro atoms. The van der Waals surface area contributed by atoms with Crippen LogP contribution in [0.5, 0.6) is 5.75 Å². The normalized spacial score (nSPS) is 10.5. The third-order valence-corrected chi connectivity index (χ3v) is 2.95. The van der Waals surface area contributed by atoms with Gasteiger partial charge in [-0.2, -0.15) is 0 Å². The van der Waals surface area contributed by atoms with Crippen LogP contribution >= 0.6 is 0 Å². The second-order valence-corrected chi connectivity index (χ2v) is 4.15. The Hall–Kier alpha value is -2.55. The van der Waals surface area contributed by atoms with Crippen LogP contribution in [0.4, 0.5) is 0 Å². The molecule has 0 atom stereocenters. The minimum atomic E-state index is -0.342. The number of para-hydroxylation sites is 1. The highest BCUT2D eigenvalue weighted by Crippen LogP contribution is 2.21. The van der Waals surface area contributed by atoms with Crippen molar-refractivity contribution < 1.29 is 14.3 Å². The van der Waals surface area contributed by atoms with Crippen LogP contribution in [0.2, 0.25) is 0 Å². The average Bonchev–Trinajstić information content (AvgIpc) is 2.52. The lowest BCUT2D eigenvalue weighted by atomic mass is 10.1. The Bertz CT molecular complexity index is 630. The van der Waals surface area contributed by atoms with Gasteiger partial charge in [0.2, 0.25) is 0 Å². The molecular formula is C17H16O3. The van der Waals surface area contributed by atoms with Crippen LogP contribution in [0, 0.1) is 0 Å². The minimum Gasteiger partial charge on any atom is -0.496 e. The number of esters is 1. The first kappa shape index (κ1) is 13.9. The summed E-state index contributed by atoms with van der Waals surface area (Å²) < 4.78 is 10.1. The van der Waals surface area contributed by atoms with Crippen LogP contribution in [0.25, 0.3) is 12.2 Å². The van der Waals surface area contributed by atoms with Gasteiger partial charge in [0.05, 0.1) is 19.8 Å². The Morgan fingerprint density at radius 2 is 1.50 bits per heavy atom. The zero-order valence-corrected chi connectivity index (χ0v) is 11.5. The zero-order valence-electron chi connectivity index (χ0n) is 11.5. The lowest BCUT2D eigenvalue weighted by Crippen LogP contribution is -2.03. The van der Waals surface area contributed by atoms with E-state index in [0.717, 1.165) is 16.9 Å². The fourth-order valence-electron chi connectivity index (χ4n) is 1.92. The van der Waals surface area contributed by atoms with Crippen molar-refractivity contribution in [2.24, 2.45) is 0 Å². The molecule has 0 saturated heterocycles. The van der Waals surface area contributed by atoms with Crippen LogP contribution in [0.3, 0.4) is 0 Å². The summed E-state index contributed by atoms with van der Waals surface area (Å²) >= 11 is 0. The van der Waals surface area contributed by atoms with E-state index in [1.54, 1.807) is 13.2 Å². The van der Waals surface area contributed by atoms with Gasteiger partial charge in [0.15, 0.2) is 0 Å². The van der Waals surface area contributed by atoms with Gasteiger partial charge in [-0.15, -0.1) is 0 Å². The average molecular weight is 268 g/mol. The molecule has 0 unspecified atom stereocenters. The first-order valence-electron chi connectivity index (χ1n) is 6.24. The molecule has 0 N–H and O–H groups in total. The molecule has 0 amide bonds. The molecule has 2 rings (SSSR count). The maximum absolute atomic E-state index is 11.7. The van der Waals surface area contributed by atoms with E-state index in [2.05, 4.69) is 0 Å². The maximum atomic E-state index is 11.7. The molecule has 0 aliphatic carbocycles. The summed E-state index contributed by atoms with van der Waals surface area (Å²) in [7, 11) is 3.01. The van der Waals surface area contributed by atoms with E-state index in [1.165, 1.54) is 7.11 Å². The molecule has 0 heterocycles. The monoisotopic (exact) mass is 268 g/mol. The Morgan fingerprint density at radius 3 is 2.20 bits per heavy atom. The van der Waals surface area contributed by atoms with Crippen molar-refractivity contribution in [2.45, 2.75) is 0 Å². The van der Waals surface area contributed by atoms with E-state index in [9.17, 15) is 4.79 Å². The van der Waals surface area contributed by atoms with E-state index < -0.39 is 0 Å². The third kappa shape index (κ3) is 3.06. The molecule has 0 radical (unpaired) electrons. The fraction of sp³-hybridized carbons (Fsp3) is 0.118. The van der Waals surface area contributed by atoms with Crippen molar-refractivity contribution in [2.75, 3.05) is 14.2 Å². The van der Waals surface area contributed by atoms with Crippen molar-refractivity contribution in [3.63, 3.8) is 0 Å². The van der Waals surface area contributed by atoms with Gasteiger partial charge < -0.3 is 9.47 Å². The van der Waals surface area contributed by atoms with Crippen molar-refractivity contribution in [1.29, 1.82) is 0 Å². The smallest absolute Gasteiger partial charge is 0.338 e. The lowest BCUT2D eigenvalue weighted by molar-refractivity contribution is 0.0600. The number of rotatable bonds is 4. The molecule has 20 heavy (non-hydrogen) atoms. The van der Waals surface area contributed by atoms with Crippen molar-refractivity contribution in [3.8, 4) is 5.75 Å². The van der Waals surface area contributed by atoms with Crippen LogP contribution in [-0.2, 0) is 4.74 Å². The molecule has 2 aromatic carbocycles. The first-order chi connectivity index (χ1) is 9.76. The van der Waals surface area contributed by atoms with Gasteiger partial charge in [0.1, 0.15) is 5.75 Å². The van der Waals surface area contributed by atoms with Crippen LogP contribution in [0.1, 0.15) is 21.5 Å². The highest BCUT2D eigenvalue weighted by Gasteiger charge is 2.08. The number of carbonyl (C=O) groups excluding carboxylic acids is 1. The molecule has 3 heteroatoms. The number of carbonyl (C=O) groups is 1. The lowest BCUT2D eigenvalue weighted by Gasteiger charge is -2.05. The van der Waals surface area contributed by atoms with E-state index >= 15 is 0 Å². The molecule has 3 nitrogen and oxygen atoms in total. The number of methoxy groups -OCH3 is 2. The summed E-state index contributed by atoms with van der Waals surface area (Å²) in [5.74, 6) is 0.449. The quantitative estimate of drug-likeness (QED) is 0.627. The second kappa shape index (κ2) is 6.57. The molecule has 0 saturated carbocycles. The van der Waals surface area contributed by atoms with Gasteiger partial charge in [-0.3, -0.25) is 0 Å². The van der Waals surface area contributed by atoms with Crippen LogP contribution < -0.4 is 4.74 Å². The standard InChI is InChI=1S/C17H16O3/c1-19-16-10-6-4-8-14(16)12-11-13-7-3-5-9-15(13)17(18)20-2/h3-12H,1-2H3/b12-11-. The number of ether oxygens (including phenoxy) is 2.